The molecule has 24 heavy (non-hydrogen) atoms. The number of carbonyl (C=O) groups excluding carboxylic acids is 2. The third kappa shape index (κ3) is 5.09. The number of rotatable bonds is 4. The largest absolute Gasteiger partial charge is 0.481 e. The zero-order valence-electron chi connectivity index (χ0n) is 12.3. The Labute approximate surface area is 156 Å². The molecular weight excluding hydrogens is 421 g/mol. The molecule has 1 aromatic heterocycles. The van der Waals surface area contributed by atoms with Gasteiger partial charge in [0.05, 0.1) is 5.02 Å². The van der Waals surface area contributed by atoms with E-state index in [1.165, 1.54) is 12.1 Å². The van der Waals surface area contributed by atoms with E-state index in [2.05, 4.69) is 31.8 Å². The normalized spacial score (nSPS) is 11.5. The Balaban J connectivity index is 1.92. The fourth-order valence-electron chi connectivity index (χ4n) is 1.65. The molecule has 0 aliphatic heterocycles. The van der Waals surface area contributed by atoms with Gasteiger partial charge in [-0.3, -0.25) is 20.4 Å². The van der Waals surface area contributed by atoms with Gasteiger partial charge in [0, 0.05) is 4.47 Å². The van der Waals surface area contributed by atoms with Crippen molar-refractivity contribution in [3.05, 3.63) is 56.7 Å². The molecule has 126 valence electrons. The molecule has 1 atom stereocenters. The van der Waals surface area contributed by atoms with Crippen molar-refractivity contribution in [1.29, 1.82) is 0 Å². The highest BCUT2D eigenvalue weighted by molar-refractivity contribution is 9.10. The fourth-order valence-corrected chi connectivity index (χ4v) is 2.37. The average molecular weight is 433 g/mol. The van der Waals surface area contributed by atoms with Crippen molar-refractivity contribution in [3.8, 4) is 5.75 Å². The van der Waals surface area contributed by atoms with E-state index in [9.17, 15) is 9.59 Å². The van der Waals surface area contributed by atoms with Crippen LogP contribution < -0.4 is 15.6 Å². The summed E-state index contributed by atoms with van der Waals surface area (Å²) < 4.78 is 6.30. The van der Waals surface area contributed by atoms with Crippen LogP contribution >= 0.6 is 39.1 Å². The van der Waals surface area contributed by atoms with Gasteiger partial charge in [-0.1, -0.05) is 45.2 Å². The maximum absolute atomic E-state index is 12.0. The number of aromatic nitrogens is 1. The number of benzene rings is 1. The van der Waals surface area contributed by atoms with Gasteiger partial charge < -0.3 is 4.74 Å². The number of hydrogen-bond donors (Lipinski definition) is 2. The number of carbonyl (C=O) groups is 2. The van der Waals surface area contributed by atoms with E-state index in [1.54, 1.807) is 25.1 Å². The SMILES string of the molecule is CC(Oc1cccc(Br)c1)C(=O)NNC(=O)c1nc(Cl)ccc1Cl. The Morgan fingerprint density at radius 2 is 1.96 bits per heavy atom. The highest BCUT2D eigenvalue weighted by Crippen LogP contribution is 2.19. The molecule has 0 radical (unpaired) electrons. The molecular formula is C15H12BrCl2N3O3. The lowest BCUT2D eigenvalue weighted by molar-refractivity contribution is -0.128. The minimum absolute atomic E-state index is 0.0926. The number of hydrogen-bond acceptors (Lipinski definition) is 4. The smallest absolute Gasteiger partial charge is 0.289 e. The topological polar surface area (TPSA) is 80.3 Å². The second kappa shape index (κ2) is 8.32. The average Bonchev–Trinajstić information content (AvgIpc) is 2.54. The van der Waals surface area contributed by atoms with Crippen molar-refractivity contribution in [2.75, 3.05) is 0 Å². The van der Waals surface area contributed by atoms with Gasteiger partial charge in [-0.05, 0) is 37.3 Å². The first-order valence-electron chi connectivity index (χ1n) is 6.71. The minimum atomic E-state index is -0.831. The van der Waals surface area contributed by atoms with Gasteiger partial charge in [0.25, 0.3) is 11.8 Å². The van der Waals surface area contributed by atoms with Crippen LogP contribution in [0.1, 0.15) is 17.4 Å². The molecule has 0 aliphatic carbocycles. The second-order valence-corrected chi connectivity index (χ2v) is 6.34. The first-order valence-corrected chi connectivity index (χ1v) is 8.26. The van der Waals surface area contributed by atoms with E-state index in [0.29, 0.717) is 5.75 Å². The van der Waals surface area contributed by atoms with Crippen LogP contribution in [0.25, 0.3) is 0 Å². The summed E-state index contributed by atoms with van der Waals surface area (Å²) in [5.41, 5.74) is 4.36. The fraction of sp³-hybridized carbons (Fsp3) is 0.133. The van der Waals surface area contributed by atoms with Gasteiger partial charge in [0.1, 0.15) is 16.6 Å². The molecule has 9 heteroatoms. The summed E-state index contributed by atoms with van der Waals surface area (Å²) in [5.74, 6) is -0.718. The number of hydrazine groups is 1. The van der Waals surface area contributed by atoms with Crippen molar-refractivity contribution in [2.45, 2.75) is 13.0 Å². The molecule has 0 saturated carbocycles. The van der Waals surface area contributed by atoms with Crippen LogP contribution in [0.5, 0.6) is 5.75 Å². The maximum Gasteiger partial charge on any atom is 0.289 e. The first-order chi connectivity index (χ1) is 11.4. The van der Waals surface area contributed by atoms with E-state index >= 15 is 0 Å². The zero-order chi connectivity index (χ0) is 17.7. The van der Waals surface area contributed by atoms with Gasteiger partial charge in [-0.2, -0.15) is 0 Å². The summed E-state index contributed by atoms with van der Waals surface area (Å²) in [7, 11) is 0. The molecule has 0 saturated heterocycles. The quantitative estimate of drug-likeness (QED) is 0.573. The van der Waals surface area contributed by atoms with Crippen molar-refractivity contribution < 1.29 is 14.3 Å². The lowest BCUT2D eigenvalue weighted by Gasteiger charge is -2.15. The number of nitrogens with one attached hydrogen (secondary N) is 2. The van der Waals surface area contributed by atoms with Crippen LogP contribution in [-0.2, 0) is 4.79 Å². The molecule has 1 heterocycles. The highest BCUT2D eigenvalue weighted by atomic mass is 79.9. The van der Waals surface area contributed by atoms with Crippen LogP contribution in [0.2, 0.25) is 10.2 Å². The Bertz CT molecular complexity index is 773. The summed E-state index contributed by atoms with van der Waals surface area (Å²) in [5, 5.41) is 0.229. The molecule has 0 spiro atoms. The van der Waals surface area contributed by atoms with Crippen molar-refractivity contribution in [2.24, 2.45) is 0 Å². The highest BCUT2D eigenvalue weighted by Gasteiger charge is 2.18. The van der Waals surface area contributed by atoms with E-state index in [0.717, 1.165) is 4.47 Å². The first kappa shape index (κ1) is 18.5. The lowest BCUT2D eigenvalue weighted by atomic mass is 10.3. The predicted molar refractivity (Wildman–Crippen MR) is 94.1 cm³/mol. The van der Waals surface area contributed by atoms with Crippen LogP contribution in [0.3, 0.4) is 0 Å². The van der Waals surface area contributed by atoms with Crippen molar-refractivity contribution in [1.82, 2.24) is 15.8 Å². The number of ether oxygens (including phenoxy) is 1. The Hall–Kier alpha value is -1.83. The number of nitrogens with zero attached hydrogens (tertiary/aromatic N) is 1. The summed E-state index contributed by atoms with van der Waals surface area (Å²) >= 11 is 14.9. The van der Waals surface area contributed by atoms with Gasteiger partial charge in [0.2, 0.25) is 0 Å². The monoisotopic (exact) mass is 431 g/mol. The summed E-state index contributed by atoms with van der Waals surface area (Å²) in [6.45, 7) is 1.55. The lowest BCUT2D eigenvalue weighted by Crippen LogP contribution is -2.47. The van der Waals surface area contributed by atoms with Gasteiger partial charge in [-0.25, -0.2) is 4.98 Å². The molecule has 0 aliphatic rings. The second-order valence-electron chi connectivity index (χ2n) is 4.63. The molecule has 0 bridgehead atoms. The predicted octanol–water partition coefficient (Wildman–Crippen LogP) is 3.38. The number of halogens is 3. The van der Waals surface area contributed by atoms with E-state index < -0.39 is 17.9 Å². The molecule has 2 N–H and O–H groups in total. The van der Waals surface area contributed by atoms with Gasteiger partial charge in [0.15, 0.2) is 6.10 Å². The minimum Gasteiger partial charge on any atom is -0.481 e. The molecule has 2 aromatic rings. The summed E-state index contributed by atoms with van der Waals surface area (Å²) in [4.78, 5) is 27.8. The number of amides is 2. The maximum atomic E-state index is 12.0. The Kier molecular flexibility index (Phi) is 6.42. The number of pyridine rings is 1. The van der Waals surface area contributed by atoms with Gasteiger partial charge in [-0.15, -0.1) is 0 Å². The van der Waals surface area contributed by atoms with E-state index in [4.69, 9.17) is 27.9 Å². The summed E-state index contributed by atoms with van der Waals surface area (Å²) in [6.07, 6.45) is -0.831. The molecule has 6 nitrogen and oxygen atoms in total. The Morgan fingerprint density at radius 1 is 1.21 bits per heavy atom. The van der Waals surface area contributed by atoms with Gasteiger partial charge >= 0.3 is 0 Å². The standard InChI is InChI=1S/C15H12BrCl2N3O3/c1-8(24-10-4-2-3-9(16)7-10)14(22)20-21-15(23)13-11(17)5-6-12(18)19-13/h2-8H,1H3,(H,20,22)(H,21,23). The van der Waals surface area contributed by atoms with Crippen LogP contribution in [0, 0.1) is 0 Å². The third-order valence-electron chi connectivity index (χ3n) is 2.80. The van der Waals surface area contributed by atoms with Crippen molar-refractivity contribution >= 4 is 50.9 Å². The molecule has 1 aromatic carbocycles. The zero-order valence-corrected chi connectivity index (χ0v) is 15.4. The van der Waals surface area contributed by atoms with Crippen LogP contribution in [-0.4, -0.2) is 22.9 Å². The molecule has 2 amide bonds. The van der Waals surface area contributed by atoms with Crippen molar-refractivity contribution in [3.63, 3.8) is 0 Å². The van der Waals surface area contributed by atoms with Crippen LogP contribution in [0.4, 0.5) is 0 Å². The molecule has 2 rings (SSSR count). The van der Waals surface area contributed by atoms with Crippen LogP contribution in [0.15, 0.2) is 40.9 Å². The third-order valence-corrected chi connectivity index (χ3v) is 3.81. The molecule has 0 fully saturated rings. The molecule has 1 unspecified atom stereocenters. The van der Waals surface area contributed by atoms with E-state index in [1.807, 2.05) is 6.07 Å². The summed E-state index contributed by atoms with van der Waals surface area (Å²) in [6, 6.07) is 9.93. The van der Waals surface area contributed by atoms with E-state index in [-0.39, 0.29) is 15.9 Å². The Morgan fingerprint density at radius 3 is 2.67 bits per heavy atom.